The lowest BCUT2D eigenvalue weighted by Crippen LogP contribution is -2.03. The van der Waals surface area contributed by atoms with Crippen LogP contribution in [0.3, 0.4) is 0 Å². The fraction of sp³-hybridized carbons (Fsp3) is 0.231. The predicted molar refractivity (Wildman–Crippen MR) is 75.2 cm³/mol. The van der Waals surface area contributed by atoms with E-state index in [4.69, 9.17) is 0 Å². The van der Waals surface area contributed by atoms with Crippen molar-refractivity contribution in [1.29, 1.82) is 0 Å². The molecule has 0 unspecified atom stereocenters. The van der Waals surface area contributed by atoms with E-state index in [9.17, 15) is 8.78 Å². The Morgan fingerprint density at radius 2 is 1.94 bits per heavy atom. The third-order valence-corrected chi connectivity index (χ3v) is 4.24. The van der Waals surface area contributed by atoms with Crippen molar-refractivity contribution in [3.05, 3.63) is 49.6 Å². The van der Waals surface area contributed by atoms with Gasteiger partial charge in [0.15, 0.2) is 0 Å². The molecule has 96 valence electrons. The number of thiophene rings is 1. The van der Waals surface area contributed by atoms with Gasteiger partial charge in [-0.15, -0.1) is 11.3 Å². The molecule has 1 aromatic carbocycles. The van der Waals surface area contributed by atoms with Gasteiger partial charge in [-0.1, -0.05) is 0 Å². The van der Waals surface area contributed by atoms with Gasteiger partial charge in [-0.05, 0) is 47.5 Å². The zero-order valence-corrected chi connectivity index (χ0v) is 12.4. The Kier molecular flexibility index (Phi) is 4.02. The summed E-state index contributed by atoms with van der Waals surface area (Å²) >= 11 is 4.87. The van der Waals surface area contributed by atoms with E-state index in [0.717, 1.165) is 11.6 Å². The van der Waals surface area contributed by atoms with E-state index in [1.807, 2.05) is 13.8 Å². The maximum Gasteiger partial charge on any atom is 0.150 e. The van der Waals surface area contributed by atoms with Gasteiger partial charge in [0.2, 0.25) is 0 Å². The van der Waals surface area contributed by atoms with Gasteiger partial charge < -0.3 is 5.32 Å². The summed E-state index contributed by atoms with van der Waals surface area (Å²) in [7, 11) is 0. The van der Waals surface area contributed by atoms with Crippen molar-refractivity contribution < 1.29 is 8.78 Å². The van der Waals surface area contributed by atoms with Crippen molar-refractivity contribution in [1.82, 2.24) is 0 Å². The minimum absolute atomic E-state index is 0.291. The summed E-state index contributed by atoms with van der Waals surface area (Å²) in [4.78, 5) is 2.43. The lowest BCUT2D eigenvalue weighted by Gasteiger charge is -2.09. The maximum absolute atomic E-state index is 13.6. The van der Waals surface area contributed by atoms with Crippen molar-refractivity contribution in [2.24, 2.45) is 0 Å². The van der Waals surface area contributed by atoms with Crippen LogP contribution in [0.5, 0.6) is 0 Å². The van der Waals surface area contributed by atoms with E-state index in [1.54, 1.807) is 11.3 Å². The van der Waals surface area contributed by atoms with E-state index in [1.165, 1.54) is 15.8 Å². The first-order chi connectivity index (χ1) is 8.47. The van der Waals surface area contributed by atoms with Crippen molar-refractivity contribution >= 4 is 33.0 Å². The van der Waals surface area contributed by atoms with Gasteiger partial charge in [-0.2, -0.15) is 0 Å². The smallest absolute Gasteiger partial charge is 0.150 e. The highest BCUT2D eigenvalue weighted by Gasteiger charge is 2.10. The highest BCUT2D eigenvalue weighted by Crippen LogP contribution is 2.28. The summed E-state index contributed by atoms with van der Waals surface area (Å²) in [6.45, 7) is 4.59. The molecule has 5 heteroatoms. The number of hydrogen-bond donors (Lipinski definition) is 1. The van der Waals surface area contributed by atoms with Gasteiger partial charge in [-0.3, -0.25) is 0 Å². The van der Waals surface area contributed by atoms with Crippen molar-refractivity contribution in [2.75, 3.05) is 5.32 Å². The molecular weight excluding hydrogens is 320 g/mol. The summed E-state index contributed by atoms with van der Waals surface area (Å²) in [5.74, 6) is -1.18. The molecule has 0 aliphatic heterocycles. The van der Waals surface area contributed by atoms with Crippen LogP contribution in [0.4, 0.5) is 14.5 Å². The number of hydrogen-bond acceptors (Lipinski definition) is 2. The van der Waals surface area contributed by atoms with E-state index < -0.39 is 11.6 Å². The first-order valence-electron chi connectivity index (χ1n) is 5.41. The predicted octanol–water partition coefficient (Wildman–Crippen LogP) is 5.02. The summed E-state index contributed by atoms with van der Waals surface area (Å²) < 4.78 is 26.9. The molecule has 18 heavy (non-hydrogen) atoms. The van der Waals surface area contributed by atoms with Crippen LogP contribution in [0.15, 0.2) is 22.7 Å². The average molecular weight is 332 g/mol. The molecule has 1 N–H and O–H groups in total. The van der Waals surface area contributed by atoms with Crippen LogP contribution in [-0.4, -0.2) is 0 Å². The molecule has 0 radical (unpaired) electrons. The van der Waals surface area contributed by atoms with Crippen LogP contribution in [-0.2, 0) is 6.54 Å². The van der Waals surface area contributed by atoms with Gasteiger partial charge in [0.05, 0.1) is 5.69 Å². The largest absolute Gasteiger partial charge is 0.378 e. The first kappa shape index (κ1) is 13.5. The van der Waals surface area contributed by atoms with E-state index in [-0.39, 0.29) is 0 Å². The van der Waals surface area contributed by atoms with Crippen LogP contribution in [0, 0.1) is 25.5 Å². The molecule has 0 amide bonds. The monoisotopic (exact) mass is 331 g/mol. The second kappa shape index (κ2) is 5.36. The van der Waals surface area contributed by atoms with Gasteiger partial charge >= 0.3 is 0 Å². The number of halogens is 3. The number of rotatable bonds is 3. The Bertz CT molecular complexity index is 557. The van der Waals surface area contributed by atoms with Gasteiger partial charge in [-0.25, -0.2) is 8.78 Å². The molecule has 0 saturated carbocycles. The highest BCUT2D eigenvalue weighted by molar-refractivity contribution is 9.10. The second-order valence-electron chi connectivity index (χ2n) is 4.04. The number of anilines is 1. The fourth-order valence-electron chi connectivity index (χ4n) is 1.75. The summed E-state index contributed by atoms with van der Waals surface area (Å²) in [5.41, 5.74) is 1.42. The molecule has 0 atom stereocenters. The summed E-state index contributed by atoms with van der Waals surface area (Å²) in [6.07, 6.45) is 0. The van der Waals surface area contributed by atoms with E-state index in [0.29, 0.717) is 16.7 Å². The molecule has 0 fully saturated rings. The highest BCUT2D eigenvalue weighted by atomic mass is 79.9. The fourth-order valence-corrected chi connectivity index (χ4v) is 3.25. The molecule has 1 nitrogen and oxygen atoms in total. The SMILES string of the molecule is Cc1cc(CNc2c(F)cc(F)cc2Br)c(C)s1. The van der Waals surface area contributed by atoms with Crippen LogP contribution in [0.1, 0.15) is 15.3 Å². The third kappa shape index (κ3) is 2.90. The van der Waals surface area contributed by atoms with Crippen molar-refractivity contribution in [3.63, 3.8) is 0 Å². The molecule has 2 aromatic rings. The lowest BCUT2D eigenvalue weighted by atomic mass is 10.2. The lowest BCUT2D eigenvalue weighted by molar-refractivity contribution is 0.583. The standard InChI is InChI=1S/C13H12BrF2NS/c1-7-3-9(8(2)18-7)6-17-13-11(14)4-10(15)5-12(13)16/h3-5,17H,6H2,1-2H3. The zero-order chi connectivity index (χ0) is 13.3. The van der Waals surface area contributed by atoms with Crippen LogP contribution in [0.2, 0.25) is 0 Å². The third-order valence-electron chi connectivity index (χ3n) is 2.61. The Hall–Kier alpha value is -0.940. The molecule has 0 bridgehead atoms. The Morgan fingerprint density at radius 3 is 2.50 bits per heavy atom. The summed E-state index contributed by atoms with van der Waals surface area (Å²) in [6, 6.07) is 4.19. The first-order valence-corrected chi connectivity index (χ1v) is 7.02. The van der Waals surface area contributed by atoms with Gasteiger partial charge in [0, 0.05) is 26.8 Å². The van der Waals surface area contributed by atoms with Gasteiger partial charge in [0.1, 0.15) is 11.6 Å². The molecular formula is C13H12BrF2NS. The minimum Gasteiger partial charge on any atom is -0.378 e. The minimum atomic E-state index is -0.591. The average Bonchev–Trinajstić information content (AvgIpc) is 2.55. The van der Waals surface area contributed by atoms with Crippen LogP contribution >= 0.6 is 27.3 Å². The molecule has 0 aliphatic rings. The van der Waals surface area contributed by atoms with E-state index >= 15 is 0 Å². The van der Waals surface area contributed by atoms with E-state index in [2.05, 4.69) is 27.3 Å². The molecule has 0 spiro atoms. The zero-order valence-electron chi connectivity index (χ0n) is 9.98. The number of aryl methyl sites for hydroxylation is 2. The second-order valence-corrected chi connectivity index (χ2v) is 6.35. The molecule has 1 aromatic heterocycles. The number of nitrogens with one attached hydrogen (secondary N) is 1. The Balaban J connectivity index is 2.18. The molecule has 2 rings (SSSR count). The molecule has 0 saturated heterocycles. The normalized spacial score (nSPS) is 10.7. The topological polar surface area (TPSA) is 12.0 Å². The Morgan fingerprint density at radius 1 is 1.22 bits per heavy atom. The number of benzene rings is 1. The van der Waals surface area contributed by atoms with Gasteiger partial charge in [0.25, 0.3) is 0 Å². The van der Waals surface area contributed by atoms with Crippen LogP contribution < -0.4 is 5.32 Å². The quantitative estimate of drug-likeness (QED) is 0.832. The molecule has 1 heterocycles. The summed E-state index contributed by atoms with van der Waals surface area (Å²) in [5, 5.41) is 3.00. The van der Waals surface area contributed by atoms with Crippen molar-refractivity contribution in [2.45, 2.75) is 20.4 Å². The van der Waals surface area contributed by atoms with Crippen LogP contribution in [0.25, 0.3) is 0 Å². The molecule has 0 aliphatic carbocycles. The van der Waals surface area contributed by atoms with Crippen molar-refractivity contribution in [3.8, 4) is 0 Å². The maximum atomic E-state index is 13.6. The Labute approximate surface area is 117 Å².